The van der Waals surface area contributed by atoms with E-state index in [1.165, 1.54) is 109 Å². The summed E-state index contributed by atoms with van der Waals surface area (Å²) in [6.45, 7) is 8.26. The molecular weight excluding hydrogens is 536 g/mol. The maximum absolute atomic E-state index is 13.9. The van der Waals surface area contributed by atoms with Gasteiger partial charge in [0, 0.05) is 19.4 Å². The molecule has 6 unspecified atom stereocenters. The van der Waals surface area contributed by atoms with Gasteiger partial charge in [-0.15, -0.1) is 0 Å². The SMILES string of the molecule is CCCCCCCCCCCCC=CC12C(=O)OC3(C)OC4(C)OC(=O)C(=CC1CCCCCCCCCCCC)C4C32. The van der Waals surface area contributed by atoms with E-state index in [0.717, 1.165) is 32.1 Å². The zero-order chi connectivity index (χ0) is 30.8. The van der Waals surface area contributed by atoms with E-state index in [4.69, 9.17) is 14.2 Å². The normalized spacial score (nSPS) is 32.4. The minimum Gasteiger partial charge on any atom is -0.432 e. The largest absolute Gasteiger partial charge is 0.432 e. The molecule has 244 valence electrons. The number of carbonyl (C=O) groups is 2. The first kappa shape index (κ1) is 34.3. The smallest absolute Gasteiger partial charge is 0.336 e. The second kappa shape index (κ2) is 16.1. The zero-order valence-corrected chi connectivity index (χ0v) is 28.1. The number of allylic oxidation sites excluding steroid dienone is 2. The highest BCUT2D eigenvalue weighted by molar-refractivity contribution is 5.95. The van der Waals surface area contributed by atoms with Crippen LogP contribution in [0, 0.1) is 23.2 Å². The monoisotopic (exact) mass is 598 g/mol. The van der Waals surface area contributed by atoms with Crippen molar-refractivity contribution in [1.82, 2.24) is 0 Å². The standard InChI is InChI=1S/C38H62O5/c1-5-7-9-11-13-15-17-18-20-22-24-26-28-38-30(27-25-23-21-19-16-14-12-10-8-6-2)29-31-32-33(38)37(4,42-35(38)40)43-36(32,3)41-34(31)39/h26,28-30,32-33H,5-25,27H2,1-4H3. The molecule has 0 amide bonds. The third kappa shape index (κ3) is 7.79. The summed E-state index contributed by atoms with van der Waals surface area (Å²) in [4.78, 5) is 26.8. The summed E-state index contributed by atoms with van der Waals surface area (Å²) in [5, 5.41) is 0. The predicted octanol–water partition coefficient (Wildman–Crippen LogP) is 10.5. The van der Waals surface area contributed by atoms with E-state index < -0.39 is 17.0 Å². The fourth-order valence-corrected chi connectivity index (χ4v) is 8.65. The summed E-state index contributed by atoms with van der Waals surface area (Å²) >= 11 is 0. The predicted molar refractivity (Wildman–Crippen MR) is 173 cm³/mol. The van der Waals surface area contributed by atoms with E-state index >= 15 is 0 Å². The molecule has 3 aliphatic heterocycles. The summed E-state index contributed by atoms with van der Waals surface area (Å²) in [6, 6.07) is 0. The van der Waals surface area contributed by atoms with Crippen LogP contribution in [-0.4, -0.2) is 23.5 Å². The van der Waals surface area contributed by atoms with Gasteiger partial charge in [-0.05, 0) is 25.2 Å². The van der Waals surface area contributed by atoms with Crippen LogP contribution in [0.1, 0.15) is 169 Å². The first-order valence-corrected chi connectivity index (χ1v) is 18.4. The van der Waals surface area contributed by atoms with Crippen molar-refractivity contribution in [3.05, 3.63) is 23.8 Å². The highest BCUT2D eigenvalue weighted by Gasteiger charge is 2.80. The summed E-state index contributed by atoms with van der Waals surface area (Å²) in [6.07, 6.45) is 34.2. The van der Waals surface area contributed by atoms with Crippen molar-refractivity contribution in [2.24, 2.45) is 23.2 Å². The Kier molecular flexibility index (Phi) is 12.8. The zero-order valence-electron chi connectivity index (χ0n) is 28.1. The Bertz CT molecular complexity index is 969. The minimum atomic E-state index is -1.08. The van der Waals surface area contributed by atoms with Gasteiger partial charge in [0.1, 0.15) is 5.41 Å². The van der Waals surface area contributed by atoms with Crippen molar-refractivity contribution in [3.63, 3.8) is 0 Å². The molecule has 6 atom stereocenters. The fraction of sp³-hybridized carbons (Fsp3) is 0.842. The molecule has 3 saturated heterocycles. The van der Waals surface area contributed by atoms with Gasteiger partial charge in [-0.2, -0.15) is 0 Å². The average molecular weight is 599 g/mol. The number of hydrogen-bond donors (Lipinski definition) is 0. The third-order valence-corrected chi connectivity index (χ3v) is 10.9. The van der Waals surface area contributed by atoms with Crippen LogP contribution >= 0.6 is 0 Å². The third-order valence-electron chi connectivity index (χ3n) is 10.9. The molecule has 4 rings (SSSR count). The van der Waals surface area contributed by atoms with Crippen molar-refractivity contribution in [1.29, 1.82) is 0 Å². The molecule has 3 heterocycles. The van der Waals surface area contributed by atoms with E-state index in [0.29, 0.717) is 5.57 Å². The van der Waals surface area contributed by atoms with E-state index in [2.05, 4.69) is 32.1 Å². The molecule has 0 aromatic heterocycles. The quantitative estimate of drug-likeness (QED) is 0.0665. The van der Waals surface area contributed by atoms with Crippen LogP contribution in [0.5, 0.6) is 0 Å². The van der Waals surface area contributed by atoms with Gasteiger partial charge in [-0.25, -0.2) is 4.79 Å². The van der Waals surface area contributed by atoms with Crippen LogP contribution in [0.4, 0.5) is 0 Å². The number of esters is 2. The highest BCUT2D eigenvalue weighted by Crippen LogP contribution is 2.69. The van der Waals surface area contributed by atoms with Gasteiger partial charge in [0.2, 0.25) is 11.6 Å². The first-order valence-electron chi connectivity index (χ1n) is 18.4. The molecule has 43 heavy (non-hydrogen) atoms. The number of rotatable bonds is 23. The summed E-state index contributed by atoms with van der Waals surface area (Å²) in [5.74, 6) is -3.22. The van der Waals surface area contributed by atoms with Crippen LogP contribution in [0.3, 0.4) is 0 Å². The van der Waals surface area contributed by atoms with E-state index in [1.54, 1.807) is 0 Å². The van der Waals surface area contributed by atoms with Crippen LogP contribution in [-0.2, 0) is 23.8 Å². The molecular formula is C38H62O5. The van der Waals surface area contributed by atoms with Gasteiger partial charge < -0.3 is 9.47 Å². The molecule has 1 aliphatic carbocycles. The van der Waals surface area contributed by atoms with Gasteiger partial charge in [0.25, 0.3) is 0 Å². The Morgan fingerprint density at radius 1 is 0.674 bits per heavy atom. The minimum absolute atomic E-state index is 0.0762. The van der Waals surface area contributed by atoms with Crippen molar-refractivity contribution in [3.8, 4) is 0 Å². The number of hydrogen-bond acceptors (Lipinski definition) is 5. The average Bonchev–Trinajstić information content (AvgIpc) is 3.44. The lowest BCUT2D eigenvalue weighted by Crippen LogP contribution is -2.47. The Hall–Kier alpha value is -1.62. The Balaban J connectivity index is 1.34. The lowest BCUT2D eigenvalue weighted by atomic mass is 9.55. The Labute approximate surface area is 263 Å². The highest BCUT2D eigenvalue weighted by atomic mass is 16.8. The van der Waals surface area contributed by atoms with Crippen LogP contribution in [0.2, 0.25) is 0 Å². The maximum atomic E-state index is 13.9. The van der Waals surface area contributed by atoms with Gasteiger partial charge in [0.15, 0.2) is 0 Å². The summed E-state index contributed by atoms with van der Waals surface area (Å²) < 4.78 is 18.2. The molecule has 0 bridgehead atoms. The van der Waals surface area contributed by atoms with E-state index in [9.17, 15) is 9.59 Å². The summed E-state index contributed by atoms with van der Waals surface area (Å²) in [5.41, 5.74) is -0.0998. The molecule has 0 spiro atoms. The topological polar surface area (TPSA) is 61.8 Å². The van der Waals surface area contributed by atoms with Gasteiger partial charge in [-0.1, -0.05) is 154 Å². The van der Waals surface area contributed by atoms with Crippen LogP contribution < -0.4 is 0 Å². The molecule has 0 aromatic rings. The molecule has 0 radical (unpaired) electrons. The number of ether oxygens (including phenoxy) is 3. The van der Waals surface area contributed by atoms with Crippen LogP contribution in [0.25, 0.3) is 0 Å². The van der Waals surface area contributed by atoms with Gasteiger partial charge in [-0.3, -0.25) is 9.53 Å². The fourth-order valence-electron chi connectivity index (χ4n) is 8.65. The summed E-state index contributed by atoms with van der Waals surface area (Å²) in [7, 11) is 0. The molecule has 0 aromatic carbocycles. The maximum Gasteiger partial charge on any atom is 0.336 e. The van der Waals surface area contributed by atoms with Crippen molar-refractivity contribution in [2.45, 2.75) is 181 Å². The molecule has 3 fully saturated rings. The van der Waals surface area contributed by atoms with Crippen LogP contribution in [0.15, 0.2) is 23.8 Å². The van der Waals surface area contributed by atoms with Gasteiger partial charge in [0.05, 0.1) is 11.8 Å². The lowest BCUT2D eigenvalue weighted by Gasteiger charge is -2.41. The molecule has 4 aliphatic rings. The Morgan fingerprint density at radius 3 is 1.74 bits per heavy atom. The van der Waals surface area contributed by atoms with E-state index in [1.807, 2.05) is 13.8 Å². The lowest BCUT2D eigenvalue weighted by molar-refractivity contribution is -0.280. The second-order valence-electron chi connectivity index (χ2n) is 14.4. The number of carbonyl (C=O) groups excluding carboxylic acids is 2. The molecule has 0 N–H and O–H groups in total. The molecule has 5 nitrogen and oxygen atoms in total. The van der Waals surface area contributed by atoms with Crippen molar-refractivity contribution < 1.29 is 23.8 Å². The Morgan fingerprint density at radius 2 is 1.19 bits per heavy atom. The van der Waals surface area contributed by atoms with E-state index in [-0.39, 0.29) is 29.7 Å². The first-order chi connectivity index (χ1) is 20.8. The second-order valence-corrected chi connectivity index (χ2v) is 14.4. The molecule has 0 saturated carbocycles. The molecule has 5 heteroatoms. The van der Waals surface area contributed by atoms with Crippen molar-refractivity contribution >= 4 is 11.9 Å². The van der Waals surface area contributed by atoms with Crippen molar-refractivity contribution in [2.75, 3.05) is 0 Å². The van der Waals surface area contributed by atoms with Gasteiger partial charge >= 0.3 is 11.9 Å². The number of unbranched alkanes of at least 4 members (excludes halogenated alkanes) is 19.